The molecule has 3 rings (SSSR count). The highest BCUT2D eigenvalue weighted by atomic mass is 16.5. The van der Waals surface area contributed by atoms with Crippen LogP contribution in [0.5, 0.6) is 5.75 Å². The summed E-state index contributed by atoms with van der Waals surface area (Å²) in [5.41, 5.74) is 3.04. The third kappa shape index (κ3) is 3.10. The van der Waals surface area contributed by atoms with Crippen LogP contribution in [0.3, 0.4) is 0 Å². The average molecular weight is 297 g/mol. The van der Waals surface area contributed by atoms with E-state index in [1.807, 2.05) is 48.7 Å². The summed E-state index contributed by atoms with van der Waals surface area (Å²) in [6.45, 7) is 1.16. The molecule has 2 aromatic carbocycles. The van der Waals surface area contributed by atoms with Crippen LogP contribution in [-0.2, 0) is 6.54 Å². The first-order valence-corrected chi connectivity index (χ1v) is 7.21. The molecule has 0 aliphatic heterocycles. The molecule has 114 valence electrons. The molecule has 0 spiro atoms. The van der Waals surface area contributed by atoms with E-state index in [0.717, 1.165) is 27.8 Å². The van der Waals surface area contributed by atoms with E-state index in [4.69, 9.17) is 4.74 Å². The molecule has 1 heterocycles. The van der Waals surface area contributed by atoms with Gasteiger partial charge in [0.15, 0.2) is 0 Å². The molecule has 0 aliphatic carbocycles. The van der Waals surface area contributed by atoms with Crippen LogP contribution in [0.4, 0.5) is 0 Å². The molecular weight excluding hydrogens is 278 g/mol. The summed E-state index contributed by atoms with van der Waals surface area (Å²) in [5.74, 6) is 0.787. The number of hydrogen-bond acceptors (Lipinski definition) is 4. The molecule has 0 saturated heterocycles. The number of nitrogens with zero attached hydrogens (tertiary/aromatic N) is 1. The second-order valence-electron chi connectivity index (χ2n) is 5.17. The number of aliphatic hydroxyl groups is 1. The number of aromatic nitrogens is 2. The maximum absolute atomic E-state index is 10.2. The Hall–Kier alpha value is -2.37. The average Bonchev–Trinajstić information content (AvgIpc) is 3.04. The summed E-state index contributed by atoms with van der Waals surface area (Å²) in [4.78, 5) is 0. The highest BCUT2D eigenvalue weighted by Gasteiger charge is 2.08. The fraction of sp³-hybridized carbons (Fsp3) is 0.235. The molecule has 0 radical (unpaired) electrons. The summed E-state index contributed by atoms with van der Waals surface area (Å²) >= 11 is 0. The third-order valence-electron chi connectivity index (χ3n) is 3.72. The summed E-state index contributed by atoms with van der Waals surface area (Å²) in [6.07, 6.45) is 1.26. The van der Waals surface area contributed by atoms with Gasteiger partial charge in [-0.15, -0.1) is 0 Å². The third-order valence-corrected chi connectivity index (χ3v) is 3.72. The molecule has 5 nitrogen and oxygen atoms in total. The molecule has 3 N–H and O–H groups in total. The highest BCUT2D eigenvalue weighted by molar-refractivity contribution is 5.81. The van der Waals surface area contributed by atoms with E-state index in [2.05, 4.69) is 15.5 Å². The van der Waals surface area contributed by atoms with Crippen molar-refractivity contribution in [3.63, 3.8) is 0 Å². The fourth-order valence-electron chi connectivity index (χ4n) is 2.47. The minimum absolute atomic E-state index is 0.483. The van der Waals surface area contributed by atoms with Gasteiger partial charge in [0.2, 0.25) is 0 Å². The van der Waals surface area contributed by atoms with Gasteiger partial charge in [-0.25, -0.2) is 0 Å². The van der Waals surface area contributed by atoms with Crippen molar-refractivity contribution in [1.82, 2.24) is 15.5 Å². The van der Waals surface area contributed by atoms with E-state index in [0.29, 0.717) is 13.1 Å². The van der Waals surface area contributed by atoms with Crippen molar-refractivity contribution in [2.45, 2.75) is 12.6 Å². The van der Waals surface area contributed by atoms with E-state index in [9.17, 15) is 5.11 Å². The predicted octanol–water partition coefficient (Wildman–Crippen LogP) is 2.39. The lowest BCUT2D eigenvalue weighted by molar-refractivity contribution is 0.174. The Bertz CT molecular complexity index is 737. The molecule has 0 unspecified atom stereocenters. The Labute approximate surface area is 128 Å². The zero-order valence-corrected chi connectivity index (χ0v) is 12.4. The van der Waals surface area contributed by atoms with Gasteiger partial charge in [0.1, 0.15) is 5.75 Å². The molecule has 3 aromatic rings. The number of ether oxygens (including phenoxy) is 1. The van der Waals surface area contributed by atoms with Crippen LogP contribution >= 0.6 is 0 Å². The second-order valence-corrected chi connectivity index (χ2v) is 5.17. The van der Waals surface area contributed by atoms with Crippen molar-refractivity contribution >= 4 is 10.9 Å². The molecule has 0 saturated carbocycles. The number of methoxy groups -OCH3 is 1. The number of aliphatic hydroxyl groups excluding tert-OH is 1. The van der Waals surface area contributed by atoms with E-state index >= 15 is 0 Å². The Kier molecular flexibility index (Phi) is 4.37. The topological polar surface area (TPSA) is 70.2 Å². The first kappa shape index (κ1) is 14.6. The Morgan fingerprint density at radius 1 is 1.23 bits per heavy atom. The smallest absolute Gasteiger partial charge is 0.118 e. The lowest BCUT2D eigenvalue weighted by atomic mass is 10.1. The number of nitrogens with one attached hydrogen (secondary N) is 2. The van der Waals surface area contributed by atoms with Crippen LogP contribution in [0.1, 0.15) is 17.2 Å². The van der Waals surface area contributed by atoms with Gasteiger partial charge < -0.3 is 15.2 Å². The number of benzene rings is 2. The van der Waals surface area contributed by atoms with Crippen molar-refractivity contribution in [3.8, 4) is 5.75 Å². The summed E-state index contributed by atoms with van der Waals surface area (Å²) in [6, 6.07) is 13.5. The number of rotatable bonds is 6. The van der Waals surface area contributed by atoms with Crippen molar-refractivity contribution in [2.75, 3.05) is 13.7 Å². The molecule has 22 heavy (non-hydrogen) atoms. The zero-order chi connectivity index (χ0) is 15.4. The number of para-hydroxylation sites is 1. The van der Waals surface area contributed by atoms with Gasteiger partial charge in [0, 0.05) is 18.5 Å². The molecule has 0 bridgehead atoms. The van der Waals surface area contributed by atoms with Gasteiger partial charge in [-0.1, -0.05) is 30.3 Å². The van der Waals surface area contributed by atoms with E-state index in [1.165, 1.54) is 0 Å². The number of fused-ring (bicyclic) bond motifs is 1. The molecular formula is C17H19N3O2. The lowest BCUT2D eigenvalue weighted by Crippen LogP contribution is -2.21. The monoisotopic (exact) mass is 297 g/mol. The fourth-order valence-corrected chi connectivity index (χ4v) is 2.47. The maximum Gasteiger partial charge on any atom is 0.118 e. The van der Waals surface area contributed by atoms with E-state index in [1.54, 1.807) is 7.11 Å². The maximum atomic E-state index is 10.2. The SMILES string of the molecule is COc1ccc([C@H](O)CNCc2cccc3cn[nH]c23)cc1. The van der Waals surface area contributed by atoms with Crippen molar-refractivity contribution < 1.29 is 9.84 Å². The zero-order valence-electron chi connectivity index (χ0n) is 12.4. The molecule has 0 aliphatic rings. The summed E-state index contributed by atoms with van der Waals surface area (Å²) in [7, 11) is 1.63. The van der Waals surface area contributed by atoms with Gasteiger partial charge >= 0.3 is 0 Å². The molecule has 0 amide bonds. The van der Waals surface area contributed by atoms with Crippen LogP contribution in [0.15, 0.2) is 48.7 Å². The summed E-state index contributed by atoms with van der Waals surface area (Å²) < 4.78 is 5.11. The molecule has 1 aromatic heterocycles. The normalized spacial score (nSPS) is 12.5. The lowest BCUT2D eigenvalue weighted by Gasteiger charge is -2.13. The highest BCUT2D eigenvalue weighted by Crippen LogP contribution is 2.18. The van der Waals surface area contributed by atoms with Crippen LogP contribution in [-0.4, -0.2) is 29.0 Å². The van der Waals surface area contributed by atoms with Crippen molar-refractivity contribution in [2.24, 2.45) is 0 Å². The van der Waals surface area contributed by atoms with Gasteiger partial charge in [-0.2, -0.15) is 5.10 Å². The molecule has 0 fully saturated rings. The molecule has 1 atom stereocenters. The van der Waals surface area contributed by atoms with Crippen LogP contribution < -0.4 is 10.1 Å². The van der Waals surface area contributed by atoms with Gasteiger partial charge in [-0.3, -0.25) is 5.10 Å². The number of hydrogen-bond donors (Lipinski definition) is 3. The van der Waals surface area contributed by atoms with E-state index in [-0.39, 0.29) is 0 Å². The van der Waals surface area contributed by atoms with Crippen molar-refractivity contribution in [1.29, 1.82) is 0 Å². The minimum atomic E-state index is -0.549. The standard InChI is InChI=1S/C17H19N3O2/c1-22-15-7-5-12(6-8-15)16(21)11-18-9-13-3-2-4-14-10-19-20-17(13)14/h2-8,10,16,18,21H,9,11H2,1H3,(H,19,20)/t16-/m1/s1. The largest absolute Gasteiger partial charge is 0.497 e. The van der Waals surface area contributed by atoms with Crippen LogP contribution in [0.25, 0.3) is 10.9 Å². The van der Waals surface area contributed by atoms with Gasteiger partial charge in [0.25, 0.3) is 0 Å². The quantitative estimate of drug-likeness (QED) is 0.653. The predicted molar refractivity (Wildman–Crippen MR) is 85.8 cm³/mol. The summed E-state index contributed by atoms with van der Waals surface area (Å²) in [5, 5.41) is 21.6. The van der Waals surface area contributed by atoms with Crippen LogP contribution in [0, 0.1) is 0 Å². The Balaban J connectivity index is 1.59. The first-order chi connectivity index (χ1) is 10.8. The minimum Gasteiger partial charge on any atom is -0.497 e. The Morgan fingerprint density at radius 2 is 2.05 bits per heavy atom. The van der Waals surface area contributed by atoms with Crippen LogP contribution in [0.2, 0.25) is 0 Å². The second kappa shape index (κ2) is 6.60. The van der Waals surface area contributed by atoms with E-state index < -0.39 is 6.10 Å². The Morgan fingerprint density at radius 3 is 2.82 bits per heavy atom. The number of H-pyrrole nitrogens is 1. The first-order valence-electron chi connectivity index (χ1n) is 7.21. The number of aromatic amines is 1. The van der Waals surface area contributed by atoms with Crippen molar-refractivity contribution in [3.05, 3.63) is 59.8 Å². The van der Waals surface area contributed by atoms with Gasteiger partial charge in [-0.05, 0) is 23.3 Å². The molecule has 5 heteroatoms. The van der Waals surface area contributed by atoms with Gasteiger partial charge in [0.05, 0.1) is 24.9 Å².